The molecule has 348 valence electrons. The molecule has 2 aromatic heterocycles. The van der Waals surface area contributed by atoms with Gasteiger partial charge in [-0.3, -0.25) is 0 Å². The Balaban J connectivity index is 0.00000547. The molecule has 0 atom stereocenters. The average Bonchev–Trinajstić information content (AvgIpc) is 3.66. The molecule has 10 aromatic carbocycles. The van der Waals surface area contributed by atoms with Gasteiger partial charge in [0.05, 0.1) is 0 Å². The zero-order chi connectivity index (χ0) is 47.0. The molecule has 0 fully saturated rings. The van der Waals surface area contributed by atoms with Crippen LogP contribution in [0.5, 0.6) is 23.0 Å². The van der Waals surface area contributed by atoms with E-state index in [1.165, 1.54) is 0 Å². The number of carbonyl (C=O) groups is 1. The number of para-hydroxylation sites is 4. The molecule has 11 heteroatoms. The Hall–Kier alpha value is -8.61. The topological polar surface area (TPSA) is 107 Å². The zero-order valence-corrected chi connectivity index (χ0v) is 39.3. The van der Waals surface area contributed by atoms with Gasteiger partial charge in [0.15, 0.2) is 5.75 Å². The minimum absolute atomic E-state index is 0. The van der Waals surface area contributed by atoms with Crippen LogP contribution < -0.4 is 13.8 Å². The van der Waals surface area contributed by atoms with E-state index >= 15 is 0 Å². The molecule has 0 radical (unpaired) electrons. The number of carbonyl (C=O) groups excluding carboxylic acids is 1. The van der Waals surface area contributed by atoms with Crippen molar-refractivity contribution in [3.8, 4) is 34.1 Å². The van der Waals surface area contributed by atoms with Crippen LogP contribution in [-0.2, 0) is 11.3 Å². The Kier molecular flexibility index (Phi) is 12.3. The highest BCUT2D eigenvalue weighted by molar-refractivity contribution is 7.32. The minimum atomic E-state index is -2.27. The lowest BCUT2D eigenvalue weighted by Gasteiger charge is -2.20. The fourth-order valence-corrected chi connectivity index (χ4v) is 10.8. The van der Waals surface area contributed by atoms with Crippen molar-refractivity contribution in [1.29, 1.82) is 0 Å². The Morgan fingerprint density at radius 1 is 0.451 bits per heavy atom. The predicted octanol–water partition coefficient (Wildman–Crippen LogP) is 18.6. The summed E-state index contributed by atoms with van der Waals surface area (Å²) in [6.45, 7) is 2.00. The van der Waals surface area contributed by atoms with Gasteiger partial charge < -0.3 is 35.3 Å². The monoisotopic (exact) mass is 970 g/mol. The number of fused-ring (bicyclic) bond motifs is 8. The van der Waals surface area contributed by atoms with E-state index < -0.39 is 22.4 Å². The SMILES string of the molecule is C.Cc1ccc(Oc2ccc(COC(=O)c3cc4ccccc4c(-c4c(Op5oc6ccccc6c6ccccc6o5)ccc5ccccc45)c3Op3oc4ccccc4c4ccccc4o3)cc2)cc1. The molecular weight excluding hydrogens is 927 g/mol. The van der Waals surface area contributed by atoms with Gasteiger partial charge in [-0.25, -0.2) is 4.79 Å². The van der Waals surface area contributed by atoms with Crippen LogP contribution in [-0.4, -0.2) is 5.97 Å². The largest absolute Gasteiger partial charge is 0.457 e. The van der Waals surface area contributed by atoms with E-state index in [4.69, 9.17) is 35.3 Å². The van der Waals surface area contributed by atoms with Crippen LogP contribution in [0.3, 0.4) is 0 Å². The van der Waals surface area contributed by atoms with E-state index in [1.54, 1.807) is 6.07 Å². The normalized spacial score (nSPS) is 11.2. The Morgan fingerprint density at radius 3 is 1.42 bits per heavy atom. The van der Waals surface area contributed by atoms with Crippen LogP contribution in [0.4, 0.5) is 0 Å². The number of ether oxygens (including phenoxy) is 2. The molecular formula is C60H44O9P2. The summed E-state index contributed by atoms with van der Waals surface area (Å²) in [6, 6.07) is 68.0. The first kappa shape index (κ1) is 44.9. The molecule has 0 aliphatic carbocycles. The summed E-state index contributed by atoms with van der Waals surface area (Å²) >= 11 is 0. The molecule has 0 unspecified atom stereocenters. The summed E-state index contributed by atoms with van der Waals surface area (Å²) in [6.07, 6.45) is 0. The maximum Gasteiger partial charge on any atom is 0.453 e. The quantitative estimate of drug-likeness (QED) is 0.124. The maximum atomic E-state index is 15.0. The lowest BCUT2D eigenvalue weighted by atomic mass is 9.90. The molecule has 0 saturated carbocycles. The number of esters is 1. The highest BCUT2D eigenvalue weighted by Gasteiger charge is 2.28. The van der Waals surface area contributed by atoms with Crippen LogP contribution in [0.25, 0.3) is 76.5 Å². The molecule has 12 rings (SSSR count). The van der Waals surface area contributed by atoms with E-state index in [-0.39, 0.29) is 25.3 Å². The fourth-order valence-electron chi connectivity index (χ4n) is 8.69. The van der Waals surface area contributed by atoms with Crippen molar-refractivity contribution in [1.82, 2.24) is 0 Å². The van der Waals surface area contributed by atoms with Gasteiger partial charge in [-0.15, -0.1) is 0 Å². The summed E-state index contributed by atoms with van der Waals surface area (Å²) in [5, 5.41) is 6.75. The Morgan fingerprint density at radius 2 is 0.887 bits per heavy atom. The van der Waals surface area contributed by atoms with Gasteiger partial charge in [-0.05, 0) is 94.7 Å². The van der Waals surface area contributed by atoms with Crippen LogP contribution >= 0.6 is 16.5 Å². The van der Waals surface area contributed by atoms with E-state index in [2.05, 4.69) is 0 Å². The second-order valence-electron chi connectivity index (χ2n) is 16.6. The van der Waals surface area contributed by atoms with Gasteiger partial charge in [0.2, 0.25) is 0 Å². The molecule has 0 spiro atoms. The number of hydrogen-bond donors (Lipinski definition) is 0. The van der Waals surface area contributed by atoms with Crippen molar-refractivity contribution in [3.05, 3.63) is 229 Å². The van der Waals surface area contributed by atoms with Crippen molar-refractivity contribution in [2.24, 2.45) is 0 Å². The van der Waals surface area contributed by atoms with E-state index in [0.29, 0.717) is 45.0 Å². The standard InChI is InChI=1S/C59H40O9P2.CH4/c1-38-26-31-42(32-27-38)62-43-33-28-39(29-34-43)37-61-59(60)50-36-41-15-3-5-17-45(41)57(58(50)68-70-65-53-24-12-8-20-48(53)49-21-9-13-25-54(49)66-70)56-44-16-4-2-14-40(44)30-35-55(56)67-69-63-51-22-10-6-18-46(51)47-19-7-11-23-52(47)64-69;/h2-36H,37H2,1H3;1H4. The smallest absolute Gasteiger partial charge is 0.453 e. The highest BCUT2D eigenvalue weighted by atomic mass is 31.1. The molecule has 12 aromatic rings. The fraction of sp³-hybridized carbons (Fsp3) is 0.0500. The van der Waals surface area contributed by atoms with Crippen molar-refractivity contribution in [2.45, 2.75) is 21.0 Å². The van der Waals surface area contributed by atoms with E-state index in [1.807, 2.05) is 213 Å². The van der Waals surface area contributed by atoms with E-state index in [0.717, 1.165) is 60.0 Å². The van der Waals surface area contributed by atoms with Crippen LogP contribution in [0, 0.1) is 6.92 Å². The lowest BCUT2D eigenvalue weighted by molar-refractivity contribution is 0.0471. The summed E-state index contributed by atoms with van der Waals surface area (Å²) in [5.74, 6) is 1.38. The van der Waals surface area contributed by atoms with Crippen LogP contribution in [0.15, 0.2) is 229 Å². The van der Waals surface area contributed by atoms with E-state index in [9.17, 15) is 4.79 Å². The average molecular weight is 971 g/mol. The maximum absolute atomic E-state index is 15.0. The lowest BCUT2D eigenvalue weighted by Crippen LogP contribution is -2.08. The second-order valence-corrected chi connectivity index (χ2v) is 18.6. The summed E-state index contributed by atoms with van der Waals surface area (Å²) in [4.78, 5) is 15.0. The number of aryl methyl sites for hydroxylation is 1. The Bertz CT molecular complexity index is 3920. The predicted molar refractivity (Wildman–Crippen MR) is 285 cm³/mol. The van der Waals surface area contributed by atoms with Gasteiger partial charge >= 0.3 is 22.4 Å². The summed E-state index contributed by atoms with van der Waals surface area (Å²) in [5.41, 5.74) is 5.64. The van der Waals surface area contributed by atoms with Gasteiger partial charge in [0.25, 0.3) is 0 Å². The highest BCUT2D eigenvalue weighted by Crippen LogP contribution is 2.52. The van der Waals surface area contributed by atoms with Crippen molar-refractivity contribution in [2.75, 3.05) is 0 Å². The number of rotatable bonds is 10. The Labute approximate surface area is 410 Å². The molecule has 2 heterocycles. The van der Waals surface area contributed by atoms with Gasteiger partial charge in [0.1, 0.15) is 51.8 Å². The van der Waals surface area contributed by atoms with Gasteiger partial charge in [0, 0.05) is 32.7 Å². The van der Waals surface area contributed by atoms with Crippen LogP contribution in [0.1, 0.15) is 28.9 Å². The molecule has 0 saturated heterocycles. The number of benzene rings is 10. The van der Waals surface area contributed by atoms with Gasteiger partial charge in [-0.2, -0.15) is 0 Å². The third-order valence-corrected chi connectivity index (χ3v) is 14.1. The molecule has 71 heavy (non-hydrogen) atoms. The molecule has 0 amide bonds. The summed E-state index contributed by atoms with van der Waals surface area (Å²) in [7, 11) is -4.37. The molecule has 0 aliphatic heterocycles. The first-order chi connectivity index (χ1) is 34.5. The molecule has 0 bridgehead atoms. The van der Waals surface area contributed by atoms with Crippen molar-refractivity contribution in [3.63, 3.8) is 0 Å². The van der Waals surface area contributed by atoms with Crippen molar-refractivity contribution < 1.29 is 40.1 Å². The zero-order valence-electron chi connectivity index (χ0n) is 37.5. The third-order valence-electron chi connectivity index (χ3n) is 12.1. The van der Waals surface area contributed by atoms with Crippen molar-refractivity contribution >= 4 is 87.9 Å². The second kappa shape index (κ2) is 19.4. The van der Waals surface area contributed by atoms with Crippen LogP contribution in [0.2, 0.25) is 0 Å². The van der Waals surface area contributed by atoms with Gasteiger partial charge in [-0.1, -0.05) is 165 Å². The molecule has 9 nitrogen and oxygen atoms in total. The minimum Gasteiger partial charge on any atom is -0.457 e. The molecule has 0 aliphatic rings. The third kappa shape index (κ3) is 8.97. The first-order valence-electron chi connectivity index (χ1n) is 22.6. The number of hydrogen-bond acceptors (Lipinski definition) is 9. The first-order valence-corrected chi connectivity index (χ1v) is 24.8. The summed E-state index contributed by atoms with van der Waals surface area (Å²) < 4.78 is 53.0. The molecule has 0 N–H and O–H groups in total.